The van der Waals surface area contributed by atoms with Crippen molar-refractivity contribution in [3.05, 3.63) is 54.1 Å². The zero-order valence-corrected chi connectivity index (χ0v) is 17.4. The number of anilines is 2. The predicted molar refractivity (Wildman–Crippen MR) is 117 cm³/mol. The van der Waals surface area contributed by atoms with Gasteiger partial charge in [0, 0.05) is 11.6 Å². The number of para-hydroxylation sites is 2. The molecule has 2 aliphatic rings. The van der Waals surface area contributed by atoms with Crippen LogP contribution in [0.1, 0.15) is 43.5 Å². The second-order valence-corrected chi connectivity index (χ2v) is 8.49. The standard InChI is InChI=1S/C23H26N2O3S/c1-2-28-20-10-6-5-9-19(20)25-21(26)15-29-23(25)17-11-13-18(14-12-17)24-22(27)16-7-3-4-8-16/h5-6,9-14,16,23H,2-4,7-8,15H2,1H3,(H,24,27)/t23-/m0/s1. The Labute approximate surface area is 175 Å². The smallest absolute Gasteiger partial charge is 0.238 e. The van der Waals surface area contributed by atoms with Crippen molar-refractivity contribution in [2.24, 2.45) is 5.92 Å². The Bertz CT molecular complexity index is 878. The van der Waals surface area contributed by atoms with Crippen LogP contribution >= 0.6 is 11.8 Å². The SMILES string of the molecule is CCOc1ccccc1N1C(=O)CS[C@H]1c1ccc(NC(=O)C2CCCC2)cc1. The highest BCUT2D eigenvalue weighted by Crippen LogP contribution is 2.45. The van der Waals surface area contributed by atoms with Gasteiger partial charge in [-0.2, -0.15) is 0 Å². The number of hydrogen-bond acceptors (Lipinski definition) is 4. The van der Waals surface area contributed by atoms with E-state index in [0.717, 1.165) is 48.4 Å². The minimum Gasteiger partial charge on any atom is -0.492 e. The summed E-state index contributed by atoms with van der Waals surface area (Å²) in [5.41, 5.74) is 2.64. The molecular weight excluding hydrogens is 384 g/mol. The Morgan fingerprint density at radius 3 is 2.59 bits per heavy atom. The van der Waals surface area contributed by atoms with Crippen molar-refractivity contribution in [2.45, 2.75) is 38.0 Å². The summed E-state index contributed by atoms with van der Waals surface area (Å²) in [5.74, 6) is 1.49. The lowest BCUT2D eigenvalue weighted by molar-refractivity contribution is -0.119. The number of benzene rings is 2. The molecule has 29 heavy (non-hydrogen) atoms. The van der Waals surface area contributed by atoms with Crippen LogP contribution in [0.5, 0.6) is 5.75 Å². The Balaban J connectivity index is 1.52. The largest absolute Gasteiger partial charge is 0.492 e. The molecule has 0 aromatic heterocycles. The molecule has 1 saturated heterocycles. The first-order chi connectivity index (χ1) is 14.2. The fraction of sp³-hybridized carbons (Fsp3) is 0.391. The number of amides is 2. The van der Waals surface area contributed by atoms with Crippen LogP contribution in [0, 0.1) is 5.92 Å². The van der Waals surface area contributed by atoms with Gasteiger partial charge in [0.1, 0.15) is 11.1 Å². The van der Waals surface area contributed by atoms with Crippen molar-refractivity contribution in [2.75, 3.05) is 22.6 Å². The molecule has 1 aliphatic carbocycles. The van der Waals surface area contributed by atoms with Crippen LogP contribution < -0.4 is 15.0 Å². The number of hydrogen-bond donors (Lipinski definition) is 1. The molecule has 2 amide bonds. The van der Waals surface area contributed by atoms with Crippen molar-refractivity contribution in [3.8, 4) is 5.75 Å². The third-order valence-corrected chi connectivity index (χ3v) is 6.69. The number of carbonyl (C=O) groups is 2. The molecule has 152 valence electrons. The van der Waals surface area contributed by atoms with Crippen molar-refractivity contribution in [3.63, 3.8) is 0 Å². The maximum absolute atomic E-state index is 12.7. The van der Waals surface area contributed by atoms with Gasteiger partial charge < -0.3 is 10.1 Å². The molecule has 0 radical (unpaired) electrons. The summed E-state index contributed by atoms with van der Waals surface area (Å²) in [5, 5.41) is 2.93. The summed E-state index contributed by atoms with van der Waals surface area (Å²) < 4.78 is 5.74. The van der Waals surface area contributed by atoms with Crippen molar-refractivity contribution < 1.29 is 14.3 Å². The summed E-state index contributed by atoms with van der Waals surface area (Å²) in [7, 11) is 0. The van der Waals surface area contributed by atoms with E-state index in [9.17, 15) is 9.59 Å². The van der Waals surface area contributed by atoms with E-state index in [-0.39, 0.29) is 23.1 Å². The topological polar surface area (TPSA) is 58.6 Å². The highest BCUT2D eigenvalue weighted by Gasteiger charge is 2.35. The molecule has 1 aliphatic heterocycles. The first kappa shape index (κ1) is 19.8. The lowest BCUT2D eigenvalue weighted by atomic mass is 10.1. The Hall–Kier alpha value is -2.47. The quantitative estimate of drug-likeness (QED) is 0.729. The summed E-state index contributed by atoms with van der Waals surface area (Å²) in [6.45, 7) is 2.49. The molecule has 2 aromatic carbocycles. The lowest BCUT2D eigenvalue weighted by Crippen LogP contribution is -2.28. The first-order valence-electron chi connectivity index (χ1n) is 10.2. The summed E-state index contributed by atoms with van der Waals surface area (Å²) >= 11 is 1.61. The molecule has 1 N–H and O–H groups in total. The first-order valence-corrected chi connectivity index (χ1v) is 11.3. The van der Waals surface area contributed by atoms with Crippen LogP contribution in [0.25, 0.3) is 0 Å². The van der Waals surface area contributed by atoms with Crippen molar-refractivity contribution >= 4 is 35.0 Å². The highest BCUT2D eigenvalue weighted by molar-refractivity contribution is 8.00. The van der Waals surface area contributed by atoms with Crippen molar-refractivity contribution in [1.82, 2.24) is 0 Å². The number of carbonyl (C=O) groups excluding carboxylic acids is 2. The van der Waals surface area contributed by atoms with Gasteiger partial charge in [-0.1, -0.05) is 37.1 Å². The minimum atomic E-state index is -0.108. The average Bonchev–Trinajstić information content (AvgIpc) is 3.40. The molecule has 2 fully saturated rings. The average molecular weight is 411 g/mol. The molecule has 1 heterocycles. The van der Waals surface area contributed by atoms with Gasteiger partial charge in [0.2, 0.25) is 11.8 Å². The van der Waals surface area contributed by atoms with Gasteiger partial charge in [-0.05, 0) is 49.6 Å². The van der Waals surface area contributed by atoms with Crippen LogP contribution in [0.3, 0.4) is 0 Å². The lowest BCUT2D eigenvalue weighted by Gasteiger charge is -2.26. The van der Waals surface area contributed by atoms with Gasteiger partial charge >= 0.3 is 0 Å². The number of thioether (sulfide) groups is 1. The van der Waals surface area contributed by atoms with E-state index in [2.05, 4.69) is 5.32 Å². The molecule has 2 aromatic rings. The molecule has 1 saturated carbocycles. The molecule has 4 rings (SSSR count). The van der Waals surface area contributed by atoms with E-state index in [4.69, 9.17) is 4.74 Å². The highest BCUT2D eigenvalue weighted by atomic mass is 32.2. The molecule has 0 bridgehead atoms. The van der Waals surface area contributed by atoms with E-state index in [1.165, 1.54) is 0 Å². The third-order valence-electron chi connectivity index (χ3n) is 5.48. The van der Waals surface area contributed by atoms with E-state index in [1.807, 2.05) is 60.4 Å². The summed E-state index contributed by atoms with van der Waals surface area (Å²) in [4.78, 5) is 26.8. The second-order valence-electron chi connectivity index (χ2n) is 7.42. The maximum Gasteiger partial charge on any atom is 0.238 e. The summed E-state index contributed by atoms with van der Waals surface area (Å²) in [6, 6.07) is 15.5. The molecular formula is C23H26N2O3S. The van der Waals surface area contributed by atoms with Crippen LogP contribution in [0.4, 0.5) is 11.4 Å². The van der Waals surface area contributed by atoms with Gasteiger partial charge in [0.15, 0.2) is 0 Å². The maximum atomic E-state index is 12.7. The Morgan fingerprint density at radius 2 is 1.86 bits per heavy atom. The van der Waals surface area contributed by atoms with Crippen LogP contribution in [0.2, 0.25) is 0 Å². The van der Waals surface area contributed by atoms with E-state index < -0.39 is 0 Å². The van der Waals surface area contributed by atoms with Gasteiger partial charge in [-0.15, -0.1) is 11.8 Å². The Morgan fingerprint density at radius 1 is 1.14 bits per heavy atom. The molecule has 1 atom stereocenters. The second kappa shape index (κ2) is 8.91. The zero-order valence-electron chi connectivity index (χ0n) is 16.6. The third kappa shape index (κ3) is 4.27. The minimum absolute atomic E-state index is 0.0748. The van der Waals surface area contributed by atoms with Crippen LogP contribution in [-0.4, -0.2) is 24.2 Å². The normalized spacial score (nSPS) is 19.6. The van der Waals surface area contributed by atoms with Crippen LogP contribution in [0.15, 0.2) is 48.5 Å². The van der Waals surface area contributed by atoms with Gasteiger partial charge in [-0.3, -0.25) is 14.5 Å². The van der Waals surface area contributed by atoms with Gasteiger partial charge in [0.25, 0.3) is 0 Å². The van der Waals surface area contributed by atoms with E-state index in [1.54, 1.807) is 11.8 Å². The van der Waals surface area contributed by atoms with E-state index >= 15 is 0 Å². The summed E-state index contributed by atoms with van der Waals surface area (Å²) in [6.07, 6.45) is 4.25. The predicted octanol–water partition coefficient (Wildman–Crippen LogP) is 4.99. The molecule has 6 heteroatoms. The van der Waals surface area contributed by atoms with E-state index in [0.29, 0.717) is 12.4 Å². The monoisotopic (exact) mass is 410 g/mol. The van der Waals surface area contributed by atoms with Crippen LogP contribution in [-0.2, 0) is 9.59 Å². The van der Waals surface area contributed by atoms with Gasteiger partial charge in [0.05, 0.1) is 18.0 Å². The fourth-order valence-electron chi connectivity index (χ4n) is 4.03. The zero-order chi connectivity index (χ0) is 20.2. The number of nitrogens with zero attached hydrogens (tertiary/aromatic N) is 1. The molecule has 0 spiro atoms. The number of rotatable bonds is 6. The van der Waals surface area contributed by atoms with Gasteiger partial charge in [-0.25, -0.2) is 0 Å². The van der Waals surface area contributed by atoms with Crippen molar-refractivity contribution in [1.29, 1.82) is 0 Å². The Kier molecular flexibility index (Phi) is 6.09. The molecule has 0 unspecified atom stereocenters. The molecule has 5 nitrogen and oxygen atoms in total. The number of nitrogens with one attached hydrogen (secondary N) is 1. The fourth-order valence-corrected chi connectivity index (χ4v) is 5.20. The number of ether oxygens (including phenoxy) is 1.